The van der Waals surface area contributed by atoms with E-state index in [-0.39, 0.29) is 0 Å². The lowest BCUT2D eigenvalue weighted by atomic mass is 9.71. The van der Waals surface area contributed by atoms with Gasteiger partial charge in [-0.15, -0.1) is 0 Å². The molecule has 2 fully saturated rings. The van der Waals surface area contributed by atoms with Gasteiger partial charge in [0.2, 0.25) is 0 Å². The molecule has 10 heavy (non-hydrogen) atoms. The molecule has 1 saturated heterocycles. The molecule has 0 aromatic carbocycles. The predicted octanol–water partition coefficient (Wildman–Crippen LogP) is 1.93. The van der Waals surface area contributed by atoms with Crippen molar-refractivity contribution in [1.82, 2.24) is 5.32 Å². The zero-order chi connectivity index (χ0) is 7.03. The zero-order valence-electron chi connectivity index (χ0n) is 6.82. The van der Waals surface area contributed by atoms with Gasteiger partial charge in [0.1, 0.15) is 0 Å². The lowest BCUT2D eigenvalue weighted by Crippen LogP contribution is -2.60. The maximum absolute atomic E-state index is 3.53. The summed E-state index contributed by atoms with van der Waals surface area (Å²) in [6.45, 7) is 3.61. The molecule has 1 heteroatoms. The highest BCUT2D eigenvalue weighted by molar-refractivity contribution is 5.03. The minimum Gasteiger partial charge on any atom is -0.313 e. The van der Waals surface area contributed by atoms with Gasteiger partial charge in [-0.1, -0.05) is 19.8 Å². The van der Waals surface area contributed by atoms with Crippen LogP contribution >= 0.6 is 0 Å². The van der Waals surface area contributed by atoms with Crippen LogP contribution in [0.1, 0.15) is 39.0 Å². The Kier molecular flexibility index (Phi) is 1.48. The third kappa shape index (κ3) is 0.731. The second kappa shape index (κ2) is 2.23. The van der Waals surface area contributed by atoms with Crippen molar-refractivity contribution < 1.29 is 0 Å². The van der Waals surface area contributed by atoms with Crippen LogP contribution in [-0.4, -0.2) is 12.6 Å². The van der Waals surface area contributed by atoms with Gasteiger partial charge >= 0.3 is 0 Å². The zero-order valence-corrected chi connectivity index (χ0v) is 6.82. The fourth-order valence-electron chi connectivity index (χ4n) is 2.72. The second-order valence-electron chi connectivity index (χ2n) is 3.91. The third-order valence-corrected chi connectivity index (χ3v) is 3.45. The minimum absolute atomic E-state index is 0.773. The number of rotatable bonds is 1. The van der Waals surface area contributed by atoms with Crippen LogP contribution in [0.15, 0.2) is 0 Å². The lowest BCUT2D eigenvalue weighted by molar-refractivity contribution is 0.0865. The molecule has 58 valence electrons. The smallest absolute Gasteiger partial charge is 0.0133 e. The highest BCUT2D eigenvalue weighted by Crippen LogP contribution is 2.46. The third-order valence-electron chi connectivity index (χ3n) is 3.45. The Morgan fingerprint density at radius 1 is 1.40 bits per heavy atom. The van der Waals surface area contributed by atoms with Gasteiger partial charge in [-0.3, -0.25) is 0 Å². The van der Waals surface area contributed by atoms with E-state index in [1.807, 2.05) is 0 Å². The monoisotopic (exact) mass is 139 g/mol. The number of hydrogen-bond donors (Lipinski definition) is 1. The van der Waals surface area contributed by atoms with E-state index in [9.17, 15) is 0 Å². The molecular weight excluding hydrogens is 122 g/mol. The molecule has 1 aliphatic heterocycles. The average molecular weight is 139 g/mol. The second-order valence-corrected chi connectivity index (χ2v) is 3.91. The van der Waals surface area contributed by atoms with E-state index < -0.39 is 0 Å². The quantitative estimate of drug-likeness (QED) is 0.585. The molecule has 0 aromatic rings. The van der Waals surface area contributed by atoms with Gasteiger partial charge in [-0.2, -0.15) is 0 Å². The van der Waals surface area contributed by atoms with Gasteiger partial charge in [0, 0.05) is 12.6 Å². The van der Waals surface area contributed by atoms with Gasteiger partial charge in [0.05, 0.1) is 0 Å². The molecule has 1 spiro atoms. The predicted molar refractivity (Wildman–Crippen MR) is 43.0 cm³/mol. The molecule has 2 rings (SSSR count). The van der Waals surface area contributed by atoms with Crippen LogP contribution in [0.5, 0.6) is 0 Å². The summed E-state index contributed by atoms with van der Waals surface area (Å²) in [5, 5.41) is 3.53. The fraction of sp³-hybridized carbons (Fsp3) is 1.00. The number of hydrogen-bond acceptors (Lipinski definition) is 1. The summed E-state index contributed by atoms with van der Waals surface area (Å²) in [6, 6.07) is 0.870. The van der Waals surface area contributed by atoms with Crippen LogP contribution in [0.4, 0.5) is 0 Å². The van der Waals surface area contributed by atoms with E-state index in [4.69, 9.17) is 0 Å². The van der Waals surface area contributed by atoms with Crippen molar-refractivity contribution >= 4 is 0 Å². The van der Waals surface area contributed by atoms with Crippen molar-refractivity contribution in [2.75, 3.05) is 6.54 Å². The molecule has 0 amide bonds. The van der Waals surface area contributed by atoms with Crippen molar-refractivity contribution in [3.8, 4) is 0 Å². The summed E-state index contributed by atoms with van der Waals surface area (Å²) in [7, 11) is 0. The molecule has 2 aliphatic rings. The van der Waals surface area contributed by atoms with Gasteiger partial charge in [0.15, 0.2) is 0 Å². The van der Waals surface area contributed by atoms with Crippen LogP contribution in [-0.2, 0) is 0 Å². The van der Waals surface area contributed by atoms with E-state index in [0.29, 0.717) is 0 Å². The first-order valence-electron chi connectivity index (χ1n) is 4.61. The first-order valence-corrected chi connectivity index (χ1v) is 4.61. The summed E-state index contributed by atoms with van der Waals surface area (Å²) >= 11 is 0. The fourth-order valence-corrected chi connectivity index (χ4v) is 2.72. The highest BCUT2D eigenvalue weighted by Gasteiger charge is 2.46. The van der Waals surface area contributed by atoms with Crippen molar-refractivity contribution in [1.29, 1.82) is 0 Å². The van der Waals surface area contributed by atoms with Gasteiger partial charge in [0.25, 0.3) is 0 Å². The van der Waals surface area contributed by atoms with Crippen LogP contribution in [0, 0.1) is 5.41 Å². The van der Waals surface area contributed by atoms with E-state index in [2.05, 4.69) is 12.2 Å². The van der Waals surface area contributed by atoms with E-state index >= 15 is 0 Å². The molecule has 0 unspecified atom stereocenters. The van der Waals surface area contributed by atoms with Gasteiger partial charge < -0.3 is 5.32 Å². The topological polar surface area (TPSA) is 12.0 Å². The molecule has 1 saturated carbocycles. The standard InChI is InChI=1S/C9H17N/c1-2-8-9(7-10-8)5-3-4-6-9/h8,10H,2-7H2,1H3/t8-/m0/s1. The summed E-state index contributed by atoms with van der Waals surface area (Å²) < 4.78 is 0. The maximum atomic E-state index is 3.53. The van der Waals surface area contributed by atoms with Crippen molar-refractivity contribution in [3.05, 3.63) is 0 Å². The Morgan fingerprint density at radius 2 is 2.10 bits per heavy atom. The summed E-state index contributed by atoms with van der Waals surface area (Å²) in [6.07, 6.45) is 7.30. The van der Waals surface area contributed by atoms with E-state index in [0.717, 1.165) is 11.5 Å². The highest BCUT2D eigenvalue weighted by atomic mass is 15.0. The van der Waals surface area contributed by atoms with Crippen molar-refractivity contribution in [2.45, 2.75) is 45.1 Å². The summed E-state index contributed by atoms with van der Waals surface area (Å²) in [4.78, 5) is 0. The van der Waals surface area contributed by atoms with Gasteiger partial charge in [-0.05, 0) is 24.7 Å². The molecule has 0 radical (unpaired) electrons. The van der Waals surface area contributed by atoms with Crippen LogP contribution in [0.2, 0.25) is 0 Å². The van der Waals surface area contributed by atoms with Crippen LogP contribution in [0.3, 0.4) is 0 Å². The molecule has 1 nitrogen and oxygen atoms in total. The van der Waals surface area contributed by atoms with Crippen LogP contribution in [0.25, 0.3) is 0 Å². The normalized spacial score (nSPS) is 36.3. The molecular formula is C9H17N. The van der Waals surface area contributed by atoms with E-state index in [1.54, 1.807) is 0 Å². The van der Waals surface area contributed by atoms with Crippen LogP contribution < -0.4 is 5.32 Å². The van der Waals surface area contributed by atoms with E-state index in [1.165, 1.54) is 38.6 Å². The molecule has 1 heterocycles. The SMILES string of the molecule is CC[C@@H]1NCC12CCCC2. The Morgan fingerprint density at radius 3 is 2.50 bits per heavy atom. The summed E-state index contributed by atoms with van der Waals surface area (Å²) in [5.74, 6) is 0. The Balaban J connectivity index is 2.01. The first kappa shape index (κ1) is 6.66. The first-order chi connectivity index (χ1) is 4.87. The summed E-state index contributed by atoms with van der Waals surface area (Å²) in [5.41, 5.74) is 0.773. The molecule has 0 aromatic heterocycles. The largest absolute Gasteiger partial charge is 0.313 e. The molecule has 0 bridgehead atoms. The number of nitrogens with one attached hydrogen (secondary N) is 1. The molecule has 1 N–H and O–H groups in total. The Bertz CT molecular complexity index is 123. The lowest BCUT2D eigenvalue weighted by Gasteiger charge is -2.48. The minimum atomic E-state index is 0.773. The Labute approximate surface area is 63.2 Å². The van der Waals surface area contributed by atoms with Crippen molar-refractivity contribution in [2.24, 2.45) is 5.41 Å². The molecule has 1 atom stereocenters. The van der Waals surface area contributed by atoms with Crippen molar-refractivity contribution in [3.63, 3.8) is 0 Å². The Hall–Kier alpha value is -0.0400. The van der Waals surface area contributed by atoms with Gasteiger partial charge in [-0.25, -0.2) is 0 Å². The molecule has 1 aliphatic carbocycles. The maximum Gasteiger partial charge on any atom is 0.0133 e. The average Bonchev–Trinajstić information content (AvgIpc) is 2.35.